The van der Waals surface area contributed by atoms with Crippen molar-refractivity contribution in [2.24, 2.45) is 34.5 Å². The van der Waals surface area contributed by atoms with Crippen molar-refractivity contribution >= 4 is 29.3 Å². The maximum absolute atomic E-state index is 13.4. The van der Waals surface area contributed by atoms with Crippen LogP contribution in [0.1, 0.15) is 71.6 Å². The number of carbonyl (C=O) groups is 1. The quantitative estimate of drug-likeness (QED) is 0.508. The van der Waals surface area contributed by atoms with Crippen LogP contribution in [0.2, 0.25) is 0 Å². The number of thioether (sulfide) groups is 2. The summed E-state index contributed by atoms with van der Waals surface area (Å²) in [5, 5.41) is 0. The van der Waals surface area contributed by atoms with Crippen molar-refractivity contribution in [1.29, 1.82) is 0 Å². The van der Waals surface area contributed by atoms with Gasteiger partial charge < -0.3 is 0 Å². The molecule has 4 rings (SSSR count). The zero-order valence-electron chi connectivity index (χ0n) is 16.4. The standard InChI is InChI=1S/C22H34OS2/c1-21-11-6-5-7-14(21)8-9-15-17(21)10-12-22(2)18(15)13-16(19(22)23)20(24-3)25-4/h14-15,17-18H,5-13H2,1-4H3/t14-,15-,17-,18+,21+,22+/m1/s1. The predicted molar refractivity (Wildman–Crippen MR) is 111 cm³/mol. The molecule has 0 aromatic carbocycles. The van der Waals surface area contributed by atoms with Crippen LogP contribution in [0.25, 0.3) is 0 Å². The summed E-state index contributed by atoms with van der Waals surface area (Å²) >= 11 is 3.57. The summed E-state index contributed by atoms with van der Waals surface area (Å²) in [4.78, 5) is 13.4. The fourth-order valence-electron chi connectivity index (χ4n) is 7.44. The minimum Gasteiger partial charge on any atom is -0.294 e. The normalized spacial score (nSPS) is 46.4. The highest BCUT2D eigenvalue weighted by atomic mass is 32.2. The summed E-state index contributed by atoms with van der Waals surface area (Å²) in [5.41, 5.74) is 1.69. The van der Waals surface area contributed by atoms with Gasteiger partial charge in [0.1, 0.15) is 0 Å². The molecule has 0 heterocycles. The fourth-order valence-corrected chi connectivity index (χ4v) is 8.95. The second-order valence-electron chi connectivity index (χ2n) is 9.57. The minimum absolute atomic E-state index is 0.0644. The smallest absolute Gasteiger partial charge is 0.166 e. The molecule has 140 valence electrons. The molecule has 0 aliphatic heterocycles. The number of ketones is 1. The van der Waals surface area contributed by atoms with Crippen LogP contribution in [0.15, 0.2) is 9.81 Å². The van der Waals surface area contributed by atoms with E-state index in [0.717, 1.165) is 30.6 Å². The predicted octanol–water partition coefficient (Wildman–Crippen LogP) is 6.54. The van der Waals surface area contributed by atoms with E-state index in [1.165, 1.54) is 54.8 Å². The van der Waals surface area contributed by atoms with Crippen molar-refractivity contribution in [1.82, 2.24) is 0 Å². The lowest BCUT2D eigenvalue weighted by Crippen LogP contribution is -2.52. The molecule has 3 heteroatoms. The Kier molecular flexibility index (Phi) is 4.89. The molecule has 0 spiro atoms. The fraction of sp³-hybridized carbons (Fsp3) is 0.864. The number of rotatable bonds is 2. The first-order valence-electron chi connectivity index (χ1n) is 10.3. The van der Waals surface area contributed by atoms with Gasteiger partial charge in [0.2, 0.25) is 0 Å². The number of fused-ring (bicyclic) bond motifs is 5. The maximum Gasteiger partial charge on any atom is 0.166 e. The van der Waals surface area contributed by atoms with Crippen LogP contribution >= 0.6 is 23.5 Å². The van der Waals surface area contributed by atoms with Crippen molar-refractivity contribution < 1.29 is 4.79 Å². The Balaban J connectivity index is 1.68. The van der Waals surface area contributed by atoms with Gasteiger partial charge in [-0.15, -0.1) is 23.5 Å². The molecule has 0 N–H and O–H groups in total. The molecular formula is C22H34OS2. The number of carbonyl (C=O) groups excluding carboxylic acids is 1. The van der Waals surface area contributed by atoms with E-state index in [-0.39, 0.29) is 5.41 Å². The molecule has 0 amide bonds. The van der Waals surface area contributed by atoms with Gasteiger partial charge in [-0.1, -0.05) is 26.7 Å². The Morgan fingerprint density at radius 2 is 1.72 bits per heavy atom. The van der Waals surface area contributed by atoms with E-state index in [1.54, 1.807) is 23.5 Å². The van der Waals surface area contributed by atoms with Gasteiger partial charge in [-0.25, -0.2) is 0 Å². The summed E-state index contributed by atoms with van der Waals surface area (Å²) in [6.45, 7) is 4.94. The van der Waals surface area contributed by atoms with Gasteiger partial charge in [-0.2, -0.15) is 0 Å². The molecule has 0 saturated heterocycles. The lowest BCUT2D eigenvalue weighted by molar-refractivity contribution is -0.137. The van der Waals surface area contributed by atoms with E-state index in [0.29, 0.717) is 17.1 Å². The zero-order chi connectivity index (χ0) is 17.8. The van der Waals surface area contributed by atoms with Gasteiger partial charge in [0.05, 0.1) is 0 Å². The molecule has 4 fully saturated rings. The Labute approximate surface area is 162 Å². The number of hydrogen-bond acceptors (Lipinski definition) is 3. The molecule has 1 nitrogen and oxygen atoms in total. The third-order valence-corrected chi connectivity index (χ3v) is 11.0. The third kappa shape index (κ3) is 2.62. The highest BCUT2D eigenvalue weighted by Gasteiger charge is 2.61. The number of Topliss-reactive ketones (excluding diaryl/α,β-unsaturated/α-hetero) is 1. The van der Waals surface area contributed by atoms with E-state index >= 15 is 0 Å². The summed E-state index contributed by atoms with van der Waals surface area (Å²) in [6.07, 6.45) is 16.4. The molecular weight excluding hydrogens is 344 g/mol. The third-order valence-electron chi connectivity index (χ3n) is 8.81. The Hall–Kier alpha value is 0.110. The minimum atomic E-state index is -0.0644. The second kappa shape index (κ2) is 6.62. The Morgan fingerprint density at radius 3 is 2.44 bits per heavy atom. The van der Waals surface area contributed by atoms with Crippen LogP contribution in [0.4, 0.5) is 0 Å². The topological polar surface area (TPSA) is 17.1 Å². The average Bonchev–Trinajstić information content (AvgIpc) is 2.88. The summed E-state index contributed by atoms with van der Waals surface area (Å²) in [7, 11) is 0. The molecule has 0 aromatic heterocycles. The largest absolute Gasteiger partial charge is 0.294 e. The molecule has 0 bridgehead atoms. The van der Waals surface area contributed by atoms with Gasteiger partial charge in [-0.05, 0) is 86.5 Å². The summed E-state index contributed by atoms with van der Waals surface area (Å²) < 4.78 is 1.29. The number of allylic oxidation sites excluding steroid dienone is 1. The van der Waals surface area contributed by atoms with E-state index in [2.05, 4.69) is 26.4 Å². The van der Waals surface area contributed by atoms with Gasteiger partial charge in [0, 0.05) is 15.2 Å². The summed E-state index contributed by atoms with van der Waals surface area (Å²) in [6, 6.07) is 0. The van der Waals surface area contributed by atoms with Crippen LogP contribution in [-0.4, -0.2) is 18.3 Å². The molecule has 0 radical (unpaired) electrons. The van der Waals surface area contributed by atoms with E-state index in [1.807, 2.05) is 0 Å². The van der Waals surface area contributed by atoms with E-state index in [9.17, 15) is 4.79 Å². The van der Waals surface area contributed by atoms with Crippen molar-refractivity contribution in [3.8, 4) is 0 Å². The average molecular weight is 379 g/mol. The first kappa shape index (κ1) is 18.5. The first-order chi connectivity index (χ1) is 12.0. The molecule has 4 saturated carbocycles. The van der Waals surface area contributed by atoms with Crippen molar-refractivity contribution in [2.45, 2.75) is 71.6 Å². The van der Waals surface area contributed by atoms with Crippen molar-refractivity contribution in [2.75, 3.05) is 12.5 Å². The monoisotopic (exact) mass is 378 g/mol. The van der Waals surface area contributed by atoms with Crippen LogP contribution in [0.5, 0.6) is 0 Å². The molecule has 4 aliphatic carbocycles. The zero-order valence-corrected chi connectivity index (χ0v) is 18.0. The Bertz CT molecular complexity index is 591. The van der Waals surface area contributed by atoms with Crippen LogP contribution < -0.4 is 0 Å². The van der Waals surface area contributed by atoms with Crippen LogP contribution in [-0.2, 0) is 4.79 Å². The molecule has 0 unspecified atom stereocenters. The molecule has 0 aromatic rings. The lowest BCUT2D eigenvalue weighted by atomic mass is 9.45. The number of hydrogen-bond donors (Lipinski definition) is 0. The first-order valence-corrected chi connectivity index (χ1v) is 12.8. The van der Waals surface area contributed by atoms with Gasteiger partial charge in [0.15, 0.2) is 5.78 Å². The molecule has 6 atom stereocenters. The Morgan fingerprint density at radius 1 is 0.960 bits per heavy atom. The van der Waals surface area contributed by atoms with Crippen LogP contribution in [0, 0.1) is 34.5 Å². The van der Waals surface area contributed by atoms with Crippen molar-refractivity contribution in [3.63, 3.8) is 0 Å². The van der Waals surface area contributed by atoms with E-state index < -0.39 is 0 Å². The van der Waals surface area contributed by atoms with Gasteiger partial charge >= 0.3 is 0 Å². The van der Waals surface area contributed by atoms with Gasteiger partial charge in [-0.3, -0.25) is 4.79 Å². The highest BCUT2D eigenvalue weighted by Crippen LogP contribution is 2.66. The van der Waals surface area contributed by atoms with Crippen LogP contribution in [0.3, 0.4) is 0 Å². The molecule has 4 aliphatic rings. The lowest BCUT2D eigenvalue weighted by Gasteiger charge is -2.59. The maximum atomic E-state index is 13.4. The molecule has 25 heavy (non-hydrogen) atoms. The second-order valence-corrected chi connectivity index (χ2v) is 11.5. The van der Waals surface area contributed by atoms with Gasteiger partial charge in [0.25, 0.3) is 0 Å². The SMILES string of the molecule is CSC(SC)=C1C[C@H]2[C@@H]3CC[C@H]4CCCC[C@]4(C)[C@@H]3CC[C@]2(C)C1=O. The highest BCUT2D eigenvalue weighted by molar-refractivity contribution is 8.21. The van der Waals surface area contributed by atoms with Crippen molar-refractivity contribution in [3.05, 3.63) is 9.81 Å². The summed E-state index contributed by atoms with van der Waals surface area (Å²) in [5.74, 6) is 3.76. The van der Waals surface area contributed by atoms with E-state index in [4.69, 9.17) is 0 Å².